The summed E-state index contributed by atoms with van der Waals surface area (Å²) in [5, 5.41) is 0.168. The topological polar surface area (TPSA) is 29.3 Å². The van der Waals surface area contributed by atoms with Gasteiger partial charge in [-0.05, 0) is 30.0 Å². The molecule has 0 bridgehead atoms. The van der Waals surface area contributed by atoms with Crippen molar-refractivity contribution < 1.29 is 4.39 Å². The number of hydrogen-bond acceptors (Lipinski definition) is 2. The molecule has 1 aromatic carbocycles. The van der Waals surface area contributed by atoms with Crippen molar-refractivity contribution >= 4 is 17.3 Å². The Morgan fingerprint density at radius 2 is 2.18 bits per heavy atom. The predicted molar refractivity (Wildman–Crippen MR) is 70.0 cm³/mol. The van der Waals surface area contributed by atoms with Crippen molar-refractivity contribution in [3.05, 3.63) is 29.0 Å². The summed E-state index contributed by atoms with van der Waals surface area (Å²) in [6.45, 7) is 6.09. The highest BCUT2D eigenvalue weighted by Crippen LogP contribution is 2.32. The maximum atomic E-state index is 13.1. The van der Waals surface area contributed by atoms with Crippen molar-refractivity contribution in [3.8, 4) is 0 Å². The molecule has 2 rings (SSSR count). The van der Waals surface area contributed by atoms with Crippen LogP contribution in [-0.2, 0) is 0 Å². The summed E-state index contributed by atoms with van der Waals surface area (Å²) in [6, 6.07) is 4.96. The first-order valence-corrected chi connectivity index (χ1v) is 6.23. The summed E-state index contributed by atoms with van der Waals surface area (Å²) in [6.07, 6.45) is 1.03. The Hall–Kier alpha value is -0.800. The number of rotatable bonds is 1. The molecule has 0 radical (unpaired) electrons. The van der Waals surface area contributed by atoms with E-state index in [-0.39, 0.29) is 22.3 Å². The third-order valence-corrected chi connectivity index (χ3v) is 4.00. The number of nitrogens with zero attached hydrogens (tertiary/aromatic N) is 1. The standard InChI is InChI=1S/C13H18ClFN2/c1-13(2)5-6-17(8-12(13)16)9-3-4-11(15)10(14)7-9/h3-4,7,12H,5-6,8,16H2,1-2H3. The zero-order chi connectivity index (χ0) is 12.6. The van der Waals surface area contributed by atoms with Gasteiger partial charge in [0, 0.05) is 24.8 Å². The van der Waals surface area contributed by atoms with E-state index in [4.69, 9.17) is 17.3 Å². The van der Waals surface area contributed by atoms with Gasteiger partial charge < -0.3 is 10.6 Å². The van der Waals surface area contributed by atoms with Gasteiger partial charge in [-0.25, -0.2) is 4.39 Å². The summed E-state index contributed by atoms with van der Waals surface area (Å²) >= 11 is 5.79. The monoisotopic (exact) mass is 256 g/mol. The normalized spacial score (nSPS) is 23.8. The summed E-state index contributed by atoms with van der Waals surface area (Å²) in [7, 11) is 0. The van der Waals surface area contributed by atoms with Crippen LogP contribution >= 0.6 is 11.6 Å². The first-order chi connectivity index (χ1) is 7.90. The Morgan fingerprint density at radius 1 is 1.47 bits per heavy atom. The maximum Gasteiger partial charge on any atom is 0.141 e. The van der Waals surface area contributed by atoms with Gasteiger partial charge in [-0.1, -0.05) is 25.4 Å². The van der Waals surface area contributed by atoms with Crippen LogP contribution in [0.5, 0.6) is 0 Å². The SMILES string of the molecule is CC1(C)CCN(c2ccc(F)c(Cl)c2)CC1N. The van der Waals surface area contributed by atoms with Crippen molar-refractivity contribution in [1.82, 2.24) is 0 Å². The van der Waals surface area contributed by atoms with E-state index >= 15 is 0 Å². The lowest BCUT2D eigenvalue weighted by molar-refractivity contribution is 0.235. The van der Waals surface area contributed by atoms with Crippen molar-refractivity contribution in [2.45, 2.75) is 26.3 Å². The molecule has 0 spiro atoms. The summed E-state index contributed by atoms with van der Waals surface area (Å²) < 4.78 is 13.1. The smallest absolute Gasteiger partial charge is 0.141 e. The highest BCUT2D eigenvalue weighted by Gasteiger charge is 2.33. The van der Waals surface area contributed by atoms with Crippen LogP contribution in [0.2, 0.25) is 5.02 Å². The van der Waals surface area contributed by atoms with Crippen LogP contribution in [0.1, 0.15) is 20.3 Å². The number of benzene rings is 1. The van der Waals surface area contributed by atoms with Gasteiger partial charge >= 0.3 is 0 Å². The molecule has 1 aromatic rings. The van der Waals surface area contributed by atoms with Crippen molar-refractivity contribution in [3.63, 3.8) is 0 Å². The first-order valence-electron chi connectivity index (χ1n) is 5.86. The average Bonchev–Trinajstić information content (AvgIpc) is 2.26. The molecule has 94 valence electrons. The van der Waals surface area contributed by atoms with E-state index in [9.17, 15) is 4.39 Å². The fraction of sp³-hybridized carbons (Fsp3) is 0.538. The van der Waals surface area contributed by atoms with Crippen LogP contribution in [0.3, 0.4) is 0 Å². The van der Waals surface area contributed by atoms with Crippen LogP contribution in [-0.4, -0.2) is 19.1 Å². The zero-order valence-corrected chi connectivity index (χ0v) is 11.0. The van der Waals surface area contributed by atoms with E-state index in [2.05, 4.69) is 18.7 Å². The van der Waals surface area contributed by atoms with Crippen LogP contribution in [0.15, 0.2) is 18.2 Å². The van der Waals surface area contributed by atoms with E-state index in [0.717, 1.165) is 25.2 Å². The quantitative estimate of drug-likeness (QED) is 0.837. The minimum absolute atomic E-state index is 0.125. The minimum Gasteiger partial charge on any atom is -0.370 e. The highest BCUT2D eigenvalue weighted by molar-refractivity contribution is 6.31. The zero-order valence-electron chi connectivity index (χ0n) is 10.2. The molecular formula is C13H18ClFN2. The number of halogens is 2. The first kappa shape index (κ1) is 12.7. The largest absolute Gasteiger partial charge is 0.370 e. The van der Waals surface area contributed by atoms with E-state index in [1.165, 1.54) is 6.07 Å². The van der Waals surface area contributed by atoms with Crippen molar-refractivity contribution in [1.29, 1.82) is 0 Å². The summed E-state index contributed by atoms with van der Waals surface area (Å²) in [4.78, 5) is 2.17. The molecule has 1 heterocycles. The van der Waals surface area contributed by atoms with Crippen LogP contribution in [0.25, 0.3) is 0 Å². The molecule has 0 aliphatic carbocycles. The van der Waals surface area contributed by atoms with Gasteiger partial charge in [-0.3, -0.25) is 0 Å². The Bertz CT molecular complexity index is 420. The summed E-state index contributed by atoms with van der Waals surface area (Å²) in [5.74, 6) is -0.378. The minimum atomic E-state index is -0.378. The van der Waals surface area contributed by atoms with E-state index in [0.29, 0.717) is 0 Å². The molecule has 1 unspecified atom stereocenters. The second-order valence-electron chi connectivity index (χ2n) is 5.39. The highest BCUT2D eigenvalue weighted by atomic mass is 35.5. The van der Waals surface area contributed by atoms with E-state index in [1.54, 1.807) is 12.1 Å². The van der Waals surface area contributed by atoms with Crippen LogP contribution < -0.4 is 10.6 Å². The second kappa shape index (κ2) is 4.46. The lowest BCUT2D eigenvalue weighted by atomic mass is 9.78. The third-order valence-electron chi connectivity index (χ3n) is 3.72. The molecule has 0 amide bonds. The van der Waals surface area contributed by atoms with Crippen molar-refractivity contribution in [2.75, 3.05) is 18.0 Å². The maximum absolute atomic E-state index is 13.1. The van der Waals surface area contributed by atoms with Crippen LogP contribution in [0.4, 0.5) is 10.1 Å². The lowest BCUT2D eigenvalue weighted by Crippen LogP contribution is -2.52. The molecule has 17 heavy (non-hydrogen) atoms. The molecule has 2 N–H and O–H groups in total. The fourth-order valence-corrected chi connectivity index (χ4v) is 2.28. The van der Waals surface area contributed by atoms with Crippen molar-refractivity contribution in [2.24, 2.45) is 11.1 Å². The Morgan fingerprint density at radius 3 is 2.76 bits per heavy atom. The molecule has 1 saturated heterocycles. The van der Waals surface area contributed by atoms with E-state index < -0.39 is 0 Å². The molecule has 0 aromatic heterocycles. The Labute approximate surface area is 107 Å². The van der Waals surface area contributed by atoms with Crippen LogP contribution in [0, 0.1) is 11.2 Å². The van der Waals surface area contributed by atoms with Gasteiger partial charge in [-0.15, -0.1) is 0 Å². The van der Waals surface area contributed by atoms with Gasteiger partial charge in [0.2, 0.25) is 0 Å². The van der Waals surface area contributed by atoms with Gasteiger partial charge in [0.1, 0.15) is 5.82 Å². The lowest BCUT2D eigenvalue weighted by Gasteiger charge is -2.43. The third kappa shape index (κ3) is 2.55. The molecule has 1 fully saturated rings. The second-order valence-corrected chi connectivity index (χ2v) is 5.80. The van der Waals surface area contributed by atoms with E-state index in [1.807, 2.05) is 0 Å². The van der Waals surface area contributed by atoms with Gasteiger partial charge in [0.05, 0.1) is 5.02 Å². The molecule has 0 saturated carbocycles. The molecule has 1 atom stereocenters. The Kier molecular flexibility index (Phi) is 3.32. The molecular weight excluding hydrogens is 239 g/mol. The number of nitrogens with two attached hydrogens (primary N) is 1. The molecule has 2 nitrogen and oxygen atoms in total. The molecule has 1 aliphatic rings. The molecule has 1 aliphatic heterocycles. The van der Waals surface area contributed by atoms with Gasteiger partial charge in [-0.2, -0.15) is 0 Å². The Balaban J connectivity index is 2.17. The van der Waals surface area contributed by atoms with Gasteiger partial charge in [0.15, 0.2) is 0 Å². The average molecular weight is 257 g/mol. The number of anilines is 1. The number of piperidine rings is 1. The van der Waals surface area contributed by atoms with Gasteiger partial charge in [0.25, 0.3) is 0 Å². The fourth-order valence-electron chi connectivity index (χ4n) is 2.10. The molecule has 4 heteroatoms. The number of hydrogen-bond donors (Lipinski definition) is 1. The summed E-state index contributed by atoms with van der Waals surface area (Å²) in [5.41, 5.74) is 7.27. The predicted octanol–water partition coefficient (Wildman–Crippen LogP) is 3.04.